The first-order valence-electron chi connectivity index (χ1n) is 7.96. The zero-order valence-corrected chi connectivity index (χ0v) is 12.4. The lowest BCUT2D eigenvalue weighted by molar-refractivity contribution is 0.0108. The van der Waals surface area contributed by atoms with Gasteiger partial charge in [0.1, 0.15) is 0 Å². The lowest BCUT2D eigenvalue weighted by atomic mass is 9.89. The van der Waals surface area contributed by atoms with Gasteiger partial charge in [0.2, 0.25) is 0 Å². The zero-order chi connectivity index (χ0) is 13.9. The standard InChI is InChI=1S/C17H26N2O/c1-19(16-8-4-5-9-17(16)20)15-10-11-18-12-13-6-2-3-7-14(13)15/h2-3,6-7,15-18,20H,4-5,8-12H2,1H3. The molecule has 1 heterocycles. The number of hydrogen-bond donors (Lipinski definition) is 2. The van der Waals surface area contributed by atoms with Gasteiger partial charge in [-0.15, -0.1) is 0 Å². The molecule has 0 amide bonds. The van der Waals surface area contributed by atoms with Gasteiger partial charge in [-0.1, -0.05) is 37.1 Å². The van der Waals surface area contributed by atoms with Gasteiger partial charge in [0.15, 0.2) is 0 Å². The summed E-state index contributed by atoms with van der Waals surface area (Å²) in [6, 6.07) is 9.50. The minimum atomic E-state index is -0.155. The number of nitrogens with zero attached hydrogens (tertiary/aromatic N) is 1. The summed E-state index contributed by atoms with van der Waals surface area (Å²) < 4.78 is 0. The predicted octanol–water partition coefficient (Wildman–Crippen LogP) is 2.46. The van der Waals surface area contributed by atoms with Crippen LogP contribution >= 0.6 is 0 Å². The van der Waals surface area contributed by atoms with Crippen LogP contribution in [0, 0.1) is 0 Å². The summed E-state index contributed by atoms with van der Waals surface area (Å²) in [5.41, 5.74) is 2.85. The van der Waals surface area contributed by atoms with E-state index in [2.05, 4.69) is 41.5 Å². The first-order chi connectivity index (χ1) is 9.77. The number of aliphatic hydroxyl groups is 1. The van der Waals surface area contributed by atoms with E-state index >= 15 is 0 Å². The summed E-state index contributed by atoms with van der Waals surface area (Å²) >= 11 is 0. The highest BCUT2D eigenvalue weighted by molar-refractivity contribution is 5.31. The molecular weight excluding hydrogens is 248 g/mol. The minimum Gasteiger partial charge on any atom is -0.391 e. The van der Waals surface area contributed by atoms with Gasteiger partial charge < -0.3 is 10.4 Å². The number of hydrogen-bond acceptors (Lipinski definition) is 3. The Morgan fingerprint density at radius 2 is 1.95 bits per heavy atom. The van der Waals surface area contributed by atoms with Gasteiger partial charge in [0, 0.05) is 18.6 Å². The second kappa shape index (κ2) is 6.25. The molecule has 1 fully saturated rings. The maximum absolute atomic E-state index is 10.3. The van der Waals surface area contributed by atoms with Crippen molar-refractivity contribution in [2.45, 2.75) is 56.8 Å². The molecule has 3 unspecified atom stereocenters. The summed E-state index contributed by atoms with van der Waals surface area (Å²) in [5.74, 6) is 0. The van der Waals surface area contributed by atoms with Crippen LogP contribution in [0.2, 0.25) is 0 Å². The van der Waals surface area contributed by atoms with Gasteiger partial charge in [-0.2, -0.15) is 0 Å². The van der Waals surface area contributed by atoms with Crippen molar-refractivity contribution in [3.8, 4) is 0 Å². The predicted molar refractivity (Wildman–Crippen MR) is 81.5 cm³/mol. The second-order valence-electron chi connectivity index (χ2n) is 6.26. The molecule has 1 saturated carbocycles. The summed E-state index contributed by atoms with van der Waals surface area (Å²) in [6.45, 7) is 2.01. The van der Waals surface area contributed by atoms with E-state index in [9.17, 15) is 5.11 Å². The van der Waals surface area contributed by atoms with E-state index < -0.39 is 0 Å². The van der Waals surface area contributed by atoms with Crippen molar-refractivity contribution in [3.63, 3.8) is 0 Å². The first kappa shape index (κ1) is 14.1. The summed E-state index contributed by atoms with van der Waals surface area (Å²) in [4.78, 5) is 2.44. The van der Waals surface area contributed by atoms with E-state index in [1.165, 1.54) is 24.0 Å². The van der Waals surface area contributed by atoms with Crippen LogP contribution in [0.15, 0.2) is 24.3 Å². The molecule has 110 valence electrons. The summed E-state index contributed by atoms with van der Waals surface area (Å²) in [5, 5.41) is 13.8. The largest absolute Gasteiger partial charge is 0.391 e. The molecule has 0 aromatic heterocycles. The Hall–Kier alpha value is -0.900. The average Bonchev–Trinajstić information content (AvgIpc) is 2.69. The molecule has 0 bridgehead atoms. The van der Waals surface area contributed by atoms with Crippen LogP contribution in [0.25, 0.3) is 0 Å². The highest BCUT2D eigenvalue weighted by Gasteiger charge is 2.32. The molecular formula is C17H26N2O. The molecule has 1 aliphatic carbocycles. The monoisotopic (exact) mass is 274 g/mol. The maximum atomic E-state index is 10.3. The second-order valence-corrected chi connectivity index (χ2v) is 6.26. The Bertz CT molecular complexity index is 448. The molecule has 3 rings (SSSR count). The van der Waals surface area contributed by atoms with Crippen LogP contribution in [0.1, 0.15) is 49.3 Å². The van der Waals surface area contributed by atoms with Crippen molar-refractivity contribution in [2.75, 3.05) is 13.6 Å². The van der Waals surface area contributed by atoms with Gasteiger partial charge >= 0.3 is 0 Å². The number of rotatable bonds is 2. The van der Waals surface area contributed by atoms with Crippen molar-refractivity contribution >= 4 is 0 Å². The van der Waals surface area contributed by atoms with Crippen molar-refractivity contribution in [1.29, 1.82) is 0 Å². The third-order valence-electron chi connectivity index (χ3n) is 5.03. The molecule has 0 saturated heterocycles. The quantitative estimate of drug-likeness (QED) is 0.869. The molecule has 1 aliphatic heterocycles. The van der Waals surface area contributed by atoms with Crippen LogP contribution in [0.5, 0.6) is 0 Å². The molecule has 3 nitrogen and oxygen atoms in total. The summed E-state index contributed by atoms with van der Waals surface area (Å²) in [7, 11) is 2.20. The average molecular weight is 274 g/mol. The third-order valence-corrected chi connectivity index (χ3v) is 5.03. The molecule has 2 aliphatic rings. The Morgan fingerprint density at radius 1 is 1.15 bits per heavy atom. The lowest BCUT2D eigenvalue weighted by Gasteiger charge is -2.40. The number of nitrogens with one attached hydrogen (secondary N) is 1. The molecule has 3 atom stereocenters. The topological polar surface area (TPSA) is 35.5 Å². The van der Waals surface area contributed by atoms with E-state index in [4.69, 9.17) is 0 Å². The SMILES string of the molecule is CN(C1CCNCc2ccccc21)C1CCCCC1O. The Labute approximate surface area is 122 Å². The lowest BCUT2D eigenvalue weighted by Crippen LogP contribution is -2.45. The molecule has 0 spiro atoms. The van der Waals surface area contributed by atoms with Gasteiger partial charge in [0.25, 0.3) is 0 Å². The van der Waals surface area contributed by atoms with Gasteiger partial charge in [0.05, 0.1) is 6.10 Å². The Kier molecular flexibility index (Phi) is 4.39. The van der Waals surface area contributed by atoms with Gasteiger partial charge in [-0.3, -0.25) is 4.90 Å². The molecule has 1 aromatic rings. The summed E-state index contributed by atoms with van der Waals surface area (Å²) in [6.07, 6.45) is 5.48. The number of benzene rings is 1. The van der Waals surface area contributed by atoms with Crippen LogP contribution in [0.4, 0.5) is 0 Å². The number of fused-ring (bicyclic) bond motifs is 1. The van der Waals surface area contributed by atoms with E-state index in [-0.39, 0.29) is 6.10 Å². The fourth-order valence-corrected chi connectivity index (χ4v) is 3.86. The minimum absolute atomic E-state index is 0.155. The zero-order valence-electron chi connectivity index (χ0n) is 12.4. The number of aliphatic hydroxyl groups excluding tert-OH is 1. The molecule has 2 N–H and O–H groups in total. The van der Waals surface area contributed by atoms with Crippen LogP contribution in [-0.4, -0.2) is 35.7 Å². The van der Waals surface area contributed by atoms with Gasteiger partial charge in [-0.25, -0.2) is 0 Å². The molecule has 3 heteroatoms. The van der Waals surface area contributed by atoms with E-state index in [0.29, 0.717) is 12.1 Å². The van der Waals surface area contributed by atoms with Crippen LogP contribution in [0.3, 0.4) is 0 Å². The van der Waals surface area contributed by atoms with Gasteiger partial charge in [-0.05, 0) is 44.0 Å². The van der Waals surface area contributed by atoms with Crippen molar-refractivity contribution < 1.29 is 5.11 Å². The normalized spacial score (nSPS) is 30.9. The first-order valence-corrected chi connectivity index (χ1v) is 7.96. The highest BCUT2D eigenvalue weighted by atomic mass is 16.3. The van der Waals surface area contributed by atoms with Crippen LogP contribution < -0.4 is 5.32 Å². The fourth-order valence-electron chi connectivity index (χ4n) is 3.86. The molecule has 1 aromatic carbocycles. The van der Waals surface area contributed by atoms with Crippen LogP contribution in [-0.2, 0) is 6.54 Å². The van der Waals surface area contributed by atoms with Crippen molar-refractivity contribution in [3.05, 3.63) is 35.4 Å². The van der Waals surface area contributed by atoms with E-state index in [1.807, 2.05) is 0 Å². The van der Waals surface area contributed by atoms with Crippen molar-refractivity contribution in [2.24, 2.45) is 0 Å². The van der Waals surface area contributed by atoms with E-state index in [1.54, 1.807) is 0 Å². The Morgan fingerprint density at radius 3 is 2.80 bits per heavy atom. The number of likely N-dealkylation sites (N-methyl/N-ethyl adjacent to an activating group) is 1. The van der Waals surface area contributed by atoms with E-state index in [0.717, 1.165) is 32.4 Å². The Balaban J connectivity index is 1.85. The third kappa shape index (κ3) is 2.76. The van der Waals surface area contributed by atoms with Crippen molar-refractivity contribution in [1.82, 2.24) is 10.2 Å². The molecule has 0 radical (unpaired) electrons. The fraction of sp³-hybridized carbons (Fsp3) is 0.647. The maximum Gasteiger partial charge on any atom is 0.0695 e. The highest BCUT2D eigenvalue weighted by Crippen LogP contribution is 2.33. The molecule has 20 heavy (non-hydrogen) atoms. The smallest absolute Gasteiger partial charge is 0.0695 e.